The predicted molar refractivity (Wildman–Crippen MR) is 99.8 cm³/mol. The van der Waals surface area contributed by atoms with Gasteiger partial charge < -0.3 is 19.7 Å². The van der Waals surface area contributed by atoms with E-state index in [2.05, 4.69) is 20.1 Å². The molecule has 8 nitrogen and oxygen atoms in total. The number of rotatable bonds is 6. The number of urea groups is 1. The molecule has 1 saturated heterocycles. The van der Waals surface area contributed by atoms with E-state index < -0.39 is 37.3 Å². The van der Waals surface area contributed by atoms with Gasteiger partial charge in [0.2, 0.25) is 0 Å². The molecule has 31 heavy (non-hydrogen) atoms. The Kier molecular flexibility index (Phi) is 8.12. The molecule has 1 atom stereocenters. The van der Waals surface area contributed by atoms with Crippen molar-refractivity contribution in [3.05, 3.63) is 29.7 Å². The van der Waals surface area contributed by atoms with Gasteiger partial charge >= 0.3 is 12.2 Å². The molecule has 2 aromatic heterocycles. The van der Waals surface area contributed by atoms with E-state index in [1.807, 2.05) is 0 Å². The number of aromatic nitrogens is 3. The first-order valence-electron chi connectivity index (χ1n) is 9.27. The SMILES string of the molecule is CC(OCCc1cn2ncc(CN3CC(F)(F)CNC3=O)cc2n1)C(F)(F)F.COC. The van der Waals surface area contributed by atoms with Crippen LogP contribution in [0.1, 0.15) is 18.2 Å². The Labute approximate surface area is 175 Å². The summed E-state index contributed by atoms with van der Waals surface area (Å²) in [5.41, 5.74) is 1.36. The van der Waals surface area contributed by atoms with Crippen molar-refractivity contribution in [3.8, 4) is 0 Å². The second-order valence-electron chi connectivity index (χ2n) is 6.98. The van der Waals surface area contributed by atoms with Crippen LogP contribution < -0.4 is 5.32 Å². The highest BCUT2D eigenvalue weighted by atomic mass is 19.4. The van der Waals surface area contributed by atoms with Gasteiger partial charge in [-0.15, -0.1) is 0 Å². The van der Waals surface area contributed by atoms with Crippen LogP contribution in [0.2, 0.25) is 0 Å². The Morgan fingerprint density at radius 3 is 2.65 bits per heavy atom. The molecule has 3 heterocycles. The summed E-state index contributed by atoms with van der Waals surface area (Å²) < 4.78 is 74.6. The Morgan fingerprint density at radius 1 is 1.32 bits per heavy atom. The zero-order chi connectivity index (χ0) is 23.2. The smallest absolute Gasteiger partial charge is 0.388 e. The maximum absolute atomic E-state index is 13.5. The highest BCUT2D eigenvalue weighted by molar-refractivity contribution is 5.75. The topological polar surface area (TPSA) is 81.0 Å². The van der Waals surface area contributed by atoms with Gasteiger partial charge in [0.15, 0.2) is 11.8 Å². The number of ether oxygens (including phenoxy) is 2. The minimum atomic E-state index is -4.42. The average Bonchev–Trinajstić information content (AvgIpc) is 3.06. The summed E-state index contributed by atoms with van der Waals surface area (Å²) in [7, 11) is 3.25. The fourth-order valence-electron chi connectivity index (χ4n) is 2.68. The fourth-order valence-corrected chi connectivity index (χ4v) is 2.68. The maximum atomic E-state index is 13.5. The number of amides is 2. The number of hydrogen-bond donors (Lipinski definition) is 1. The minimum Gasteiger partial charge on any atom is -0.388 e. The summed E-state index contributed by atoms with van der Waals surface area (Å²) in [6.07, 6.45) is -3.18. The van der Waals surface area contributed by atoms with Gasteiger partial charge in [-0.2, -0.15) is 18.3 Å². The van der Waals surface area contributed by atoms with Crippen molar-refractivity contribution in [1.82, 2.24) is 24.8 Å². The van der Waals surface area contributed by atoms with E-state index in [1.165, 1.54) is 10.7 Å². The summed E-state index contributed by atoms with van der Waals surface area (Å²) >= 11 is 0. The van der Waals surface area contributed by atoms with Gasteiger partial charge in [-0.1, -0.05) is 0 Å². The van der Waals surface area contributed by atoms with Crippen LogP contribution in [0, 0.1) is 0 Å². The Morgan fingerprint density at radius 2 is 2.00 bits per heavy atom. The molecule has 0 radical (unpaired) electrons. The first kappa shape index (κ1) is 24.7. The Bertz CT molecular complexity index is 874. The van der Waals surface area contributed by atoms with Crippen LogP contribution in [-0.2, 0) is 22.4 Å². The van der Waals surface area contributed by atoms with E-state index in [0.29, 0.717) is 16.9 Å². The van der Waals surface area contributed by atoms with E-state index in [4.69, 9.17) is 4.74 Å². The average molecular weight is 453 g/mol. The number of nitrogens with one attached hydrogen (secondary N) is 1. The summed E-state index contributed by atoms with van der Waals surface area (Å²) in [5.74, 6) is -3.01. The number of carbonyl (C=O) groups is 1. The van der Waals surface area contributed by atoms with Crippen LogP contribution >= 0.6 is 0 Å². The van der Waals surface area contributed by atoms with E-state index in [9.17, 15) is 26.7 Å². The van der Waals surface area contributed by atoms with Crippen molar-refractivity contribution in [2.24, 2.45) is 0 Å². The lowest BCUT2D eigenvalue weighted by Gasteiger charge is -2.32. The van der Waals surface area contributed by atoms with Crippen LogP contribution in [-0.4, -0.2) is 77.6 Å². The molecular formula is C18H24F5N5O3. The lowest BCUT2D eigenvalue weighted by Crippen LogP contribution is -2.56. The number of nitrogens with zero attached hydrogens (tertiary/aromatic N) is 4. The lowest BCUT2D eigenvalue weighted by atomic mass is 10.2. The van der Waals surface area contributed by atoms with Crippen LogP contribution in [0.3, 0.4) is 0 Å². The summed E-state index contributed by atoms with van der Waals surface area (Å²) in [5, 5.41) is 6.23. The number of hydrogen-bond acceptors (Lipinski definition) is 5. The molecule has 3 rings (SSSR count). The fraction of sp³-hybridized carbons (Fsp3) is 0.611. The Hall–Kier alpha value is -2.54. The first-order chi connectivity index (χ1) is 14.4. The first-order valence-corrected chi connectivity index (χ1v) is 9.27. The maximum Gasteiger partial charge on any atom is 0.414 e. The third kappa shape index (κ3) is 7.28. The molecule has 1 unspecified atom stereocenters. The monoisotopic (exact) mass is 453 g/mol. The quantitative estimate of drug-likeness (QED) is 0.681. The van der Waals surface area contributed by atoms with Crippen molar-refractivity contribution < 1.29 is 36.2 Å². The van der Waals surface area contributed by atoms with Crippen molar-refractivity contribution in [2.45, 2.75) is 38.1 Å². The van der Waals surface area contributed by atoms with Crippen molar-refractivity contribution >= 4 is 11.7 Å². The second kappa shape index (κ2) is 10.2. The van der Waals surface area contributed by atoms with Crippen molar-refractivity contribution in [2.75, 3.05) is 33.9 Å². The number of carbonyl (C=O) groups excluding carboxylic acids is 1. The van der Waals surface area contributed by atoms with Crippen LogP contribution in [0.15, 0.2) is 18.5 Å². The molecule has 0 aliphatic carbocycles. The molecule has 0 bridgehead atoms. The van der Waals surface area contributed by atoms with Gasteiger partial charge in [0.05, 0.1) is 37.8 Å². The highest BCUT2D eigenvalue weighted by Crippen LogP contribution is 2.23. The zero-order valence-corrected chi connectivity index (χ0v) is 17.2. The molecule has 0 saturated carbocycles. The molecule has 1 aliphatic rings. The molecule has 2 amide bonds. The van der Waals surface area contributed by atoms with Gasteiger partial charge in [0.25, 0.3) is 5.92 Å². The Balaban J connectivity index is 0.00000107. The molecule has 0 spiro atoms. The summed E-state index contributed by atoms with van der Waals surface area (Å²) in [6, 6.07) is 0.987. The molecule has 1 fully saturated rings. The highest BCUT2D eigenvalue weighted by Gasteiger charge is 2.39. The van der Waals surface area contributed by atoms with Gasteiger partial charge in [0, 0.05) is 27.2 Å². The normalized spacial score (nSPS) is 17.2. The second-order valence-corrected chi connectivity index (χ2v) is 6.98. The number of fused-ring (bicyclic) bond motifs is 1. The minimum absolute atomic E-state index is 0.0701. The number of imidazole rings is 1. The van der Waals surface area contributed by atoms with Gasteiger partial charge in [0.1, 0.15) is 0 Å². The van der Waals surface area contributed by atoms with Crippen LogP contribution in [0.4, 0.5) is 26.7 Å². The molecule has 174 valence electrons. The largest absolute Gasteiger partial charge is 0.414 e. The van der Waals surface area contributed by atoms with E-state index in [1.54, 1.807) is 26.5 Å². The lowest BCUT2D eigenvalue weighted by molar-refractivity contribution is -0.213. The molecule has 2 aromatic rings. The van der Waals surface area contributed by atoms with Gasteiger partial charge in [-0.3, -0.25) is 0 Å². The third-order valence-electron chi connectivity index (χ3n) is 4.19. The van der Waals surface area contributed by atoms with Gasteiger partial charge in [-0.25, -0.2) is 23.1 Å². The standard InChI is InChI=1S/C16H18F5N5O2.C2H6O/c1-10(16(19,20)21)28-3-2-12-7-26-13(24-12)4-11(5-23-26)6-25-9-15(17,18)8-22-14(25)27;1-3-2/h4-5,7,10H,2-3,6,8-9H2,1H3,(H,22,27);1-2H3. The third-order valence-corrected chi connectivity index (χ3v) is 4.19. The summed E-state index contributed by atoms with van der Waals surface area (Å²) in [6.45, 7) is -0.700. The van der Waals surface area contributed by atoms with Crippen LogP contribution in [0.5, 0.6) is 0 Å². The van der Waals surface area contributed by atoms with Gasteiger partial charge in [-0.05, 0) is 18.6 Å². The van der Waals surface area contributed by atoms with E-state index >= 15 is 0 Å². The molecule has 13 heteroatoms. The van der Waals surface area contributed by atoms with Crippen molar-refractivity contribution in [1.29, 1.82) is 0 Å². The molecule has 0 aromatic carbocycles. The van der Waals surface area contributed by atoms with E-state index in [-0.39, 0.29) is 19.6 Å². The zero-order valence-electron chi connectivity index (χ0n) is 17.2. The summed E-state index contributed by atoms with van der Waals surface area (Å²) in [4.78, 5) is 17.0. The van der Waals surface area contributed by atoms with Crippen LogP contribution in [0.25, 0.3) is 5.65 Å². The molecular weight excluding hydrogens is 429 g/mol. The predicted octanol–water partition coefficient (Wildman–Crippen LogP) is 2.66. The number of alkyl halides is 5. The van der Waals surface area contributed by atoms with Crippen molar-refractivity contribution in [3.63, 3.8) is 0 Å². The number of methoxy groups -OCH3 is 1. The van der Waals surface area contributed by atoms with E-state index in [0.717, 1.165) is 11.8 Å². The molecule has 1 N–H and O–H groups in total. The molecule has 1 aliphatic heterocycles. The number of halogens is 5.